The van der Waals surface area contributed by atoms with Crippen molar-refractivity contribution in [2.24, 2.45) is 5.92 Å². The Kier molecular flexibility index (Phi) is 5.70. The fourth-order valence-electron chi connectivity index (χ4n) is 1.20. The van der Waals surface area contributed by atoms with Crippen LogP contribution in [0.15, 0.2) is 0 Å². The van der Waals surface area contributed by atoms with Crippen LogP contribution in [0.2, 0.25) is 0 Å². The molecule has 0 aliphatic carbocycles. The van der Waals surface area contributed by atoms with Gasteiger partial charge in [0.15, 0.2) is 0 Å². The van der Waals surface area contributed by atoms with Crippen LogP contribution in [0.25, 0.3) is 0 Å². The first kappa shape index (κ1) is 9.96. The molecule has 0 amide bonds. The molecule has 62 valence electrons. The molecular weight excluding hydrogens is 122 g/mol. The summed E-state index contributed by atoms with van der Waals surface area (Å²) in [5.41, 5.74) is 0. The predicted molar refractivity (Wildman–Crippen MR) is 47.2 cm³/mol. The average molecular weight is 143 g/mol. The van der Waals surface area contributed by atoms with E-state index in [9.17, 15) is 0 Å². The summed E-state index contributed by atoms with van der Waals surface area (Å²) in [4.78, 5) is 0. The molecule has 2 unspecified atom stereocenters. The molecule has 10 heavy (non-hydrogen) atoms. The Morgan fingerprint density at radius 3 is 2.10 bits per heavy atom. The predicted octanol–water partition coefficient (Wildman–Crippen LogP) is 2.42. The molecule has 1 nitrogen and oxygen atoms in total. The summed E-state index contributed by atoms with van der Waals surface area (Å²) < 4.78 is 0. The van der Waals surface area contributed by atoms with Crippen LogP contribution in [0.4, 0.5) is 0 Å². The third kappa shape index (κ3) is 3.21. The van der Waals surface area contributed by atoms with Crippen molar-refractivity contribution < 1.29 is 0 Å². The fraction of sp³-hybridized carbons (Fsp3) is 1.00. The van der Waals surface area contributed by atoms with Crippen molar-refractivity contribution in [2.45, 2.75) is 46.6 Å². The summed E-state index contributed by atoms with van der Waals surface area (Å²) in [5, 5.41) is 3.43. The minimum absolute atomic E-state index is 0.753. The molecule has 1 heteroatoms. The summed E-state index contributed by atoms with van der Waals surface area (Å²) in [6.07, 6.45) is 2.78. The molecule has 1 heterocycles. The lowest BCUT2D eigenvalue weighted by atomic mass is 9.94. The molecule has 1 aliphatic heterocycles. The molecular formula is C9H21N. The zero-order valence-electron chi connectivity index (χ0n) is 7.78. The molecule has 0 aromatic rings. The minimum atomic E-state index is 0.753. The van der Waals surface area contributed by atoms with Crippen LogP contribution in [0.3, 0.4) is 0 Å². The third-order valence-corrected chi connectivity index (χ3v) is 2.16. The second-order valence-corrected chi connectivity index (χ2v) is 2.86. The molecule has 1 saturated heterocycles. The lowest BCUT2D eigenvalue weighted by molar-refractivity contribution is 0.319. The van der Waals surface area contributed by atoms with Gasteiger partial charge in [0.25, 0.3) is 0 Å². The van der Waals surface area contributed by atoms with E-state index in [0.29, 0.717) is 0 Å². The minimum Gasteiger partial charge on any atom is -0.314 e. The van der Waals surface area contributed by atoms with E-state index < -0.39 is 0 Å². The summed E-state index contributed by atoms with van der Waals surface area (Å²) >= 11 is 0. The molecule has 0 aromatic heterocycles. The quantitative estimate of drug-likeness (QED) is 0.549. The first-order valence-electron chi connectivity index (χ1n) is 4.54. The first-order valence-corrected chi connectivity index (χ1v) is 4.54. The Morgan fingerprint density at radius 1 is 1.20 bits per heavy atom. The van der Waals surface area contributed by atoms with E-state index in [4.69, 9.17) is 0 Å². The van der Waals surface area contributed by atoms with E-state index in [1.54, 1.807) is 0 Å². The van der Waals surface area contributed by atoms with Crippen molar-refractivity contribution in [3.63, 3.8) is 0 Å². The van der Waals surface area contributed by atoms with Crippen LogP contribution in [0.5, 0.6) is 0 Å². The van der Waals surface area contributed by atoms with Gasteiger partial charge in [0.2, 0.25) is 0 Å². The topological polar surface area (TPSA) is 12.0 Å². The van der Waals surface area contributed by atoms with E-state index in [2.05, 4.69) is 19.2 Å². The van der Waals surface area contributed by atoms with Crippen LogP contribution in [-0.2, 0) is 0 Å². The molecule has 0 spiro atoms. The largest absolute Gasteiger partial charge is 0.314 e. The van der Waals surface area contributed by atoms with Gasteiger partial charge in [-0.3, -0.25) is 0 Å². The van der Waals surface area contributed by atoms with Crippen molar-refractivity contribution in [3.8, 4) is 0 Å². The zero-order chi connectivity index (χ0) is 7.98. The maximum Gasteiger partial charge on any atom is 0.00643 e. The van der Waals surface area contributed by atoms with Gasteiger partial charge in [-0.2, -0.15) is 0 Å². The molecule has 0 bridgehead atoms. The zero-order valence-corrected chi connectivity index (χ0v) is 7.78. The van der Waals surface area contributed by atoms with Gasteiger partial charge in [0.1, 0.15) is 0 Å². The summed E-state index contributed by atoms with van der Waals surface area (Å²) in [6.45, 7) is 9.81. The highest BCUT2D eigenvalue weighted by Gasteiger charge is 2.14. The Bertz CT molecular complexity index is 61.1. The number of nitrogens with one attached hydrogen (secondary N) is 1. The lowest BCUT2D eigenvalue weighted by Crippen LogP contribution is -2.37. The monoisotopic (exact) mass is 143 g/mol. The van der Waals surface area contributed by atoms with Gasteiger partial charge in [-0.15, -0.1) is 0 Å². The van der Waals surface area contributed by atoms with E-state index in [0.717, 1.165) is 12.0 Å². The first-order chi connectivity index (χ1) is 4.80. The van der Waals surface area contributed by atoms with Crippen LogP contribution in [-0.4, -0.2) is 12.6 Å². The average Bonchev–Trinajstić information content (AvgIpc) is 2.00. The second-order valence-electron chi connectivity index (χ2n) is 2.86. The number of piperidine rings is 1. The summed E-state index contributed by atoms with van der Waals surface area (Å²) in [6, 6.07) is 0.753. The molecule has 1 rings (SSSR count). The maximum atomic E-state index is 3.43. The lowest BCUT2D eigenvalue weighted by Gasteiger charge is -2.26. The molecule has 0 radical (unpaired) electrons. The number of hydrogen-bond donors (Lipinski definition) is 1. The Hall–Kier alpha value is -0.0400. The fourth-order valence-corrected chi connectivity index (χ4v) is 1.20. The van der Waals surface area contributed by atoms with Crippen molar-refractivity contribution in [1.29, 1.82) is 0 Å². The van der Waals surface area contributed by atoms with Crippen LogP contribution in [0, 0.1) is 5.92 Å². The van der Waals surface area contributed by atoms with E-state index in [1.165, 1.54) is 19.4 Å². The van der Waals surface area contributed by atoms with Gasteiger partial charge in [0, 0.05) is 6.04 Å². The van der Waals surface area contributed by atoms with Gasteiger partial charge >= 0.3 is 0 Å². The van der Waals surface area contributed by atoms with Gasteiger partial charge in [-0.05, 0) is 32.2 Å². The van der Waals surface area contributed by atoms with Gasteiger partial charge in [-0.1, -0.05) is 20.8 Å². The highest BCUT2D eigenvalue weighted by Crippen LogP contribution is 2.13. The van der Waals surface area contributed by atoms with Crippen molar-refractivity contribution in [1.82, 2.24) is 5.32 Å². The SMILES string of the molecule is CC.CC1CCCNC1C. The molecule has 0 saturated carbocycles. The van der Waals surface area contributed by atoms with Gasteiger partial charge in [-0.25, -0.2) is 0 Å². The van der Waals surface area contributed by atoms with E-state index >= 15 is 0 Å². The summed E-state index contributed by atoms with van der Waals surface area (Å²) in [7, 11) is 0. The second kappa shape index (κ2) is 5.72. The normalized spacial score (nSPS) is 32.4. The summed E-state index contributed by atoms with van der Waals surface area (Å²) in [5.74, 6) is 0.892. The Morgan fingerprint density at radius 2 is 1.80 bits per heavy atom. The van der Waals surface area contributed by atoms with Crippen molar-refractivity contribution in [3.05, 3.63) is 0 Å². The highest BCUT2D eigenvalue weighted by atomic mass is 14.9. The van der Waals surface area contributed by atoms with Gasteiger partial charge in [0.05, 0.1) is 0 Å². The number of rotatable bonds is 0. The van der Waals surface area contributed by atoms with E-state index in [1.807, 2.05) is 13.8 Å². The number of hydrogen-bond acceptors (Lipinski definition) is 1. The van der Waals surface area contributed by atoms with Crippen LogP contribution >= 0.6 is 0 Å². The van der Waals surface area contributed by atoms with Crippen molar-refractivity contribution in [2.75, 3.05) is 6.54 Å². The van der Waals surface area contributed by atoms with Crippen LogP contribution < -0.4 is 5.32 Å². The highest BCUT2D eigenvalue weighted by molar-refractivity contribution is 4.73. The Labute approximate surface area is 65.2 Å². The van der Waals surface area contributed by atoms with Crippen molar-refractivity contribution >= 4 is 0 Å². The maximum absolute atomic E-state index is 3.43. The van der Waals surface area contributed by atoms with Gasteiger partial charge < -0.3 is 5.32 Å². The van der Waals surface area contributed by atoms with E-state index in [-0.39, 0.29) is 0 Å². The Balaban J connectivity index is 0.000000371. The third-order valence-electron chi connectivity index (χ3n) is 2.16. The molecule has 1 aliphatic rings. The van der Waals surface area contributed by atoms with Crippen LogP contribution in [0.1, 0.15) is 40.5 Å². The smallest absolute Gasteiger partial charge is 0.00643 e. The molecule has 0 aromatic carbocycles. The molecule has 2 atom stereocenters. The molecule has 1 fully saturated rings. The molecule has 1 N–H and O–H groups in total. The standard InChI is InChI=1S/C7H15N.C2H6/c1-6-4-3-5-8-7(6)2;1-2/h6-8H,3-5H2,1-2H3;1-2H3.